The molecule has 2 heterocycles. The van der Waals surface area contributed by atoms with Crippen LogP contribution in [0.25, 0.3) is 0 Å². The molecule has 0 unspecified atom stereocenters. The quantitative estimate of drug-likeness (QED) is 0.196. The number of phenols is 3. The van der Waals surface area contributed by atoms with Crippen LogP contribution in [0.15, 0.2) is 18.2 Å². The van der Waals surface area contributed by atoms with Crippen molar-refractivity contribution in [1.82, 2.24) is 9.80 Å². The third-order valence-corrected chi connectivity index (χ3v) is 11.0. The van der Waals surface area contributed by atoms with E-state index in [1.54, 1.807) is 20.8 Å². The van der Waals surface area contributed by atoms with Crippen molar-refractivity contribution in [3.05, 3.63) is 51.6 Å². The van der Waals surface area contributed by atoms with Crippen molar-refractivity contribution in [2.45, 2.75) is 113 Å². The molecule has 11 atom stereocenters. The Hall–Kier alpha value is -3.18. The van der Waals surface area contributed by atoms with Gasteiger partial charge in [0, 0.05) is 42.5 Å². The Balaban J connectivity index is 1.50. The van der Waals surface area contributed by atoms with Crippen LogP contribution in [0.4, 0.5) is 0 Å². The van der Waals surface area contributed by atoms with Crippen LogP contribution in [-0.2, 0) is 18.9 Å². The summed E-state index contributed by atoms with van der Waals surface area (Å²) in [6, 6.07) is 2.94. The largest absolute Gasteiger partial charge is 0.507 e. The van der Waals surface area contributed by atoms with Gasteiger partial charge in [0.05, 0.1) is 52.8 Å². The Morgan fingerprint density at radius 1 is 0.820 bits per heavy atom. The van der Waals surface area contributed by atoms with E-state index in [1.165, 1.54) is 6.07 Å². The van der Waals surface area contributed by atoms with E-state index in [9.17, 15) is 40.2 Å². The number of carbonyl (C=O) groups excluding carboxylic acids is 2. The molecule has 0 spiro atoms. The first kappa shape index (κ1) is 36.6. The molecular weight excluding hydrogens is 652 g/mol. The molecule has 2 aromatic rings. The molecule has 14 heteroatoms. The standard InChI is InChI=1S/C36H48N2O12/c1-8-36(46)14-23(49-24-12-19(37(4)5)30(41)15(2)47-24)17-11-18-26(34(45)29-22(40)10-9-21(39)28(29)32(18)43)33(44)27(17)35(36)50-25-13-20(38(6)7)31(42)16(3)48-25/h9-11,15-16,19-20,23-25,30-31,35,39-42,44,46H,8,12-14H2,1-7H3/t15-,16+,19-,20+,23+,24+,25-,30+,31-,35-,36+/m1/s1. The van der Waals surface area contributed by atoms with Crippen LogP contribution in [0, 0.1) is 0 Å². The minimum Gasteiger partial charge on any atom is -0.507 e. The number of likely N-dealkylation sites (N-methyl/N-ethyl adjacent to an activating group) is 2. The maximum atomic E-state index is 14.0. The van der Waals surface area contributed by atoms with Crippen molar-refractivity contribution in [3.63, 3.8) is 0 Å². The number of hydrogen-bond donors (Lipinski definition) is 6. The first-order valence-electron chi connectivity index (χ1n) is 17.1. The summed E-state index contributed by atoms with van der Waals surface area (Å²) in [5, 5.41) is 67.3. The molecule has 6 rings (SSSR count). The highest BCUT2D eigenvalue weighted by Crippen LogP contribution is 2.55. The van der Waals surface area contributed by atoms with Gasteiger partial charge >= 0.3 is 0 Å². The molecule has 0 radical (unpaired) electrons. The number of fused-ring (bicyclic) bond motifs is 3. The predicted molar refractivity (Wildman–Crippen MR) is 177 cm³/mol. The molecule has 2 fully saturated rings. The Morgan fingerprint density at radius 2 is 1.32 bits per heavy atom. The molecular formula is C36H48N2O12. The monoisotopic (exact) mass is 700 g/mol. The van der Waals surface area contributed by atoms with Gasteiger partial charge in [0.25, 0.3) is 0 Å². The molecule has 2 aromatic carbocycles. The summed E-state index contributed by atoms with van der Waals surface area (Å²) in [5.74, 6) is -3.37. The van der Waals surface area contributed by atoms with Gasteiger partial charge in [-0.05, 0) is 72.2 Å². The van der Waals surface area contributed by atoms with Crippen molar-refractivity contribution in [2.75, 3.05) is 28.2 Å². The van der Waals surface area contributed by atoms with Crippen LogP contribution in [0.1, 0.15) is 102 Å². The number of aliphatic hydroxyl groups is 3. The number of aliphatic hydroxyl groups excluding tert-OH is 2. The lowest BCUT2D eigenvalue weighted by atomic mass is 9.71. The molecule has 50 heavy (non-hydrogen) atoms. The fourth-order valence-electron chi connectivity index (χ4n) is 8.00. The summed E-state index contributed by atoms with van der Waals surface area (Å²) < 4.78 is 25.2. The molecule has 0 amide bonds. The van der Waals surface area contributed by atoms with E-state index in [0.717, 1.165) is 12.1 Å². The van der Waals surface area contributed by atoms with Crippen LogP contribution in [-0.4, -0.2) is 135 Å². The highest BCUT2D eigenvalue weighted by atomic mass is 16.7. The van der Waals surface area contributed by atoms with Gasteiger partial charge in [0.1, 0.15) is 23.4 Å². The summed E-state index contributed by atoms with van der Waals surface area (Å²) in [5.41, 5.74) is -2.91. The van der Waals surface area contributed by atoms with E-state index in [0.29, 0.717) is 0 Å². The Bertz CT molecular complexity index is 1660. The van der Waals surface area contributed by atoms with Gasteiger partial charge in [0.2, 0.25) is 5.78 Å². The molecule has 2 aliphatic heterocycles. The number of benzene rings is 2. The molecule has 0 bridgehead atoms. The lowest BCUT2D eigenvalue weighted by Gasteiger charge is -2.48. The second-order valence-electron chi connectivity index (χ2n) is 14.5. The zero-order valence-electron chi connectivity index (χ0n) is 29.4. The van der Waals surface area contributed by atoms with E-state index in [1.807, 2.05) is 38.0 Å². The number of ether oxygens (including phenoxy) is 4. The fourth-order valence-corrected chi connectivity index (χ4v) is 8.00. The van der Waals surface area contributed by atoms with E-state index in [2.05, 4.69) is 0 Å². The minimum atomic E-state index is -1.71. The Morgan fingerprint density at radius 3 is 1.82 bits per heavy atom. The fraction of sp³-hybridized carbons (Fsp3) is 0.611. The van der Waals surface area contributed by atoms with Gasteiger partial charge in [-0.15, -0.1) is 0 Å². The van der Waals surface area contributed by atoms with Gasteiger partial charge < -0.3 is 59.4 Å². The number of nitrogens with zero attached hydrogens (tertiary/aromatic N) is 2. The number of rotatable bonds is 7. The smallest absolute Gasteiger partial charge is 0.202 e. The molecule has 0 saturated carbocycles. The van der Waals surface area contributed by atoms with Crippen LogP contribution in [0.5, 0.6) is 17.2 Å². The molecule has 14 nitrogen and oxygen atoms in total. The summed E-state index contributed by atoms with van der Waals surface area (Å²) in [6.45, 7) is 5.18. The molecule has 0 aromatic heterocycles. The minimum absolute atomic E-state index is 0.00502. The Labute approximate surface area is 290 Å². The van der Waals surface area contributed by atoms with Crippen molar-refractivity contribution >= 4 is 11.6 Å². The number of aromatic hydroxyl groups is 3. The summed E-state index contributed by atoms with van der Waals surface area (Å²) in [4.78, 5) is 31.7. The summed E-state index contributed by atoms with van der Waals surface area (Å²) >= 11 is 0. The van der Waals surface area contributed by atoms with Gasteiger partial charge in [0.15, 0.2) is 18.4 Å². The van der Waals surface area contributed by atoms with Gasteiger partial charge in [-0.1, -0.05) is 6.92 Å². The van der Waals surface area contributed by atoms with Crippen LogP contribution in [0.3, 0.4) is 0 Å². The van der Waals surface area contributed by atoms with Crippen LogP contribution in [0.2, 0.25) is 0 Å². The second-order valence-corrected chi connectivity index (χ2v) is 14.5. The molecule has 4 aliphatic rings. The first-order valence-corrected chi connectivity index (χ1v) is 17.1. The number of hydrogen-bond acceptors (Lipinski definition) is 14. The average Bonchev–Trinajstić information content (AvgIpc) is 3.05. The highest BCUT2D eigenvalue weighted by Gasteiger charge is 2.53. The van der Waals surface area contributed by atoms with E-state index in [4.69, 9.17) is 18.9 Å². The number of ketones is 2. The van der Waals surface area contributed by atoms with Crippen molar-refractivity contribution < 1.29 is 59.2 Å². The average molecular weight is 701 g/mol. The van der Waals surface area contributed by atoms with E-state index in [-0.39, 0.29) is 54.5 Å². The van der Waals surface area contributed by atoms with E-state index >= 15 is 0 Å². The third kappa shape index (κ3) is 5.99. The summed E-state index contributed by atoms with van der Waals surface area (Å²) in [6.07, 6.45) is -6.42. The van der Waals surface area contributed by atoms with Gasteiger partial charge in [-0.2, -0.15) is 0 Å². The maximum absolute atomic E-state index is 14.0. The second kappa shape index (κ2) is 13.4. The third-order valence-electron chi connectivity index (χ3n) is 11.0. The maximum Gasteiger partial charge on any atom is 0.202 e. The number of phenolic OH excluding ortho intramolecular Hbond substituents is 3. The van der Waals surface area contributed by atoms with Crippen LogP contribution < -0.4 is 0 Å². The summed E-state index contributed by atoms with van der Waals surface area (Å²) in [7, 11) is 7.32. The molecule has 2 saturated heterocycles. The highest BCUT2D eigenvalue weighted by molar-refractivity contribution is 6.31. The lowest BCUT2D eigenvalue weighted by Crippen LogP contribution is -2.55. The van der Waals surface area contributed by atoms with Crippen molar-refractivity contribution in [2.24, 2.45) is 0 Å². The zero-order chi connectivity index (χ0) is 36.6. The predicted octanol–water partition coefficient (Wildman–Crippen LogP) is 2.09. The first-order chi connectivity index (χ1) is 23.5. The van der Waals surface area contributed by atoms with Crippen LogP contribution >= 0.6 is 0 Å². The molecule has 6 N–H and O–H groups in total. The van der Waals surface area contributed by atoms with E-state index < -0.39 is 100 Å². The molecule has 2 aliphatic carbocycles. The topological polar surface area (TPSA) is 199 Å². The van der Waals surface area contributed by atoms with Gasteiger partial charge in [-0.25, -0.2) is 0 Å². The zero-order valence-corrected chi connectivity index (χ0v) is 29.4. The SMILES string of the molecule is CC[C@]1(O)C[C@H](O[C@H]2C[C@@H](N(C)C)[C@@H](O)[C@@H](C)O2)c2cc3c(c(O)c2[C@H]1O[C@@H]1C[C@H](N(C)C)[C@H](O)[C@H](C)O1)C(=O)c1c(O)ccc(O)c1C3=O. The normalized spacial score (nSPS) is 35.6. The lowest BCUT2D eigenvalue weighted by molar-refractivity contribution is -0.289. The van der Waals surface area contributed by atoms with Crippen molar-refractivity contribution in [1.29, 1.82) is 0 Å². The Kier molecular flexibility index (Phi) is 9.82. The van der Waals surface area contributed by atoms with Crippen molar-refractivity contribution in [3.8, 4) is 17.2 Å². The molecule has 274 valence electrons. The van der Waals surface area contributed by atoms with Gasteiger partial charge in [-0.3, -0.25) is 9.59 Å². The number of carbonyl (C=O) groups is 2.